The highest BCUT2D eigenvalue weighted by atomic mass is 79.9. The SMILES string of the molecule is C=N/C(C)=C\CBr. The Kier molecular flexibility index (Phi) is 4.00. The third-order valence-electron chi connectivity index (χ3n) is 0.622. The van der Waals surface area contributed by atoms with Crippen molar-refractivity contribution in [3.8, 4) is 0 Å². The van der Waals surface area contributed by atoms with Gasteiger partial charge in [-0.15, -0.1) is 0 Å². The lowest BCUT2D eigenvalue weighted by atomic mass is 10.5. The molecule has 2 heteroatoms. The predicted molar refractivity (Wildman–Crippen MR) is 37.1 cm³/mol. The number of hydrogen-bond acceptors (Lipinski definition) is 1. The molecule has 0 unspecified atom stereocenters. The summed E-state index contributed by atoms with van der Waals surface area (Å²) in [7, 11) is 0. The van der Waals surface area contributed by atoms with E-state index in [1.165, 1.54) is 0 Å². The van der Waals surface area contributed by atoms with Crippen molar-refractivity contribution in [2.75, 3.05) is 5.33 Å². The molecule has 40 valence electrons. The molecule has 0 aliphatic heterocycles. The maximum Gasteiger partial charge on any atom is 0.0333 e. The van der Waals surface area contributed by atoms with Gasteiger partial charge in [0.05, 0.1) is 0 Å². The molecule has 0 N–H and O–H groups in total. The smallest absolute Gasteiger partial charge is 0.0333 e. The van der Waals surface area contributed by atoms with Crippen LogP contribution in [0.4, 0.5) is 0 Å². The van der Waals surface area contributed by atoms with Crippen LogP contribution in [0, 0.1) is 0 Å². The normalized spacial score (nSPS) is 11.4. The van der Waals surface area contributed by atoms with E-state index in [0.717, 1.165) is 11.0 Å². The first-order chi connectivity index (χ1) is 3.31. The van der Waals surface area contributed by atoms with Gasteiger partial charge < -0.3 is 0 Å². The third-order valence-corrected chi connectivity index (χ3v) is 0.946. The maximum atomic E-state index is 3.66. The van der Waals surface area contributed by atoms with Crippen LogP contribution in [0.2, 0.25) is 0 Å². The van der Waals surface area contributed by atoms with E-state index in [4.69, 9.17) is 0 Å². The molecule has 0 amide bonds. The first-order valence-electron chi connectivity index (χ1n) is 2.00. The molecule has 0 radical (unpaired) electrons. The van der Waals surface area contributed by atoms with Crippen LogP contribution in [-0.4, -0.2) is 12.0 Å². The minimum atomic E-state index is 0.859. The minimum absolute atomic E-state index is 0.859. The van der Waals surface area contributed by atoms with Gasteiger partial charge in [-0.25, -0.2) is 0 Å². The van der Waals surface area contributed by atoms with Gasteiger partial charge in [0.2, 0.25) is 0 Å². The van der Waals surface area contributed by atoms with Gasteiger partial charge in [-0.05, 0) is 13.6 Å². The Morgan fingerprint density at radius 3 is 2.71 bits per heavy atom. The van der Waals surface area contributed by atoms with Crippen molar-refractivity contribution in [2.45, 2.75) is 6.92 Å². The van der Waals surface area contributed by atoms with E-state index < -0.39 is 0 Å². The van der Waals surface area contributed by atoms with Crippen LogP contribution < -0.4 is 0 Å². The monoisotopic (exact) mass is 161 g/mol. The Hall–Kier alpha value is -0.110. The van der Waals surface area contributed by atoms with E-state index in [2.05, 4.69) is 27.6 Å². The summed E-state index contributed by atoms with van der Waals surface area (Å²) in [4.78, 5) is 3.66. The van der Waals surface area contributed by atoms with Crippen molar-refractivity contribution in [2.24, 2.45) is 4.99 Å². The molecule has 0 spiro atoms. The van der Waals surface area contributed by atoms with Crippen molar-refractivity contribution in [1.29, 1.82) is 0 Å². The average molecular weight is 162 g/mol. The van der Waals surface area contributed by atoms with Crippen LogP contribution in [0.1, 0.15) is 6.92 Å². The molecule has 0 aliphatic carbocycles. The molecular formula is C5H8BrN. The predicted octanol–water partition coefficient (Wildman–Crippen LogP) is 1.99. The van der Waals surface area contributed by atoms with Gasteiger partial charge in [0.25, 0.3) is 0 Å². The van der Waals surface area contributed by atoms with Crippen LogP contribution in [-0.2, 0) is 0 Å². The summed E-state index contributed by atoms with van der Waals surface area (Å²) in [6.07, 6.45) is 1.95. The highest BCUT2D eigenvalue weighted by Gasteiger charge is 1.73. The number of hydrogen-bond donors (Lipinski definition) is 0. The van der Waals surface area contributed by atoms with Crippen molar-refractivity contribution in [1.82, 2.24) is 0 Å². The van der Waals surface area contributed by atoms with Crippen LogP contribution in [0.5, 0.6) is 0 Å². The molecule has 0 fully saturated rings. The summed E-state index contributed by atoms with van der Waals surface area (Å²) < 4.78 is 0. The van der Waals surface area contributed by atoms with Gasteiger partial charge in [0.15, 0.2) is 0 Å². The lowest BCUT2D eigenvalue weighted by Crippen LogP contribution is -1.66. The zero-order valence-corrected chi connectivity index (χ0v) is 5.90. The average Bonchev–Trinajstić information content (AvgIpc) is 1.68. The Morgan fingerprint density at radius 2 is 2.57 bits per heavy atom. The van der Waals surface area contributed by atoms with Crippen LogP contribution in [0.15, 0.2) is 16.8 Å². The fourth-order valence-electron chi connectivity index (χ4n) is 0.176. The Balaban J connectivity index is 3.49. The standard InChI is InChI=1S/C5H8BrN/c1-5(7-2)3-4-6/h3H,2,4H2,1H3/b5-3-. The Morgan fingerprint density at radius 1 is 2.00 bits per heavy atom. The minimum Gasteiger partial charge on any atom is -0.270 e. The third kappa shape index (κ3) is 3.73. The molecular weight excluding hydrogens is 154 g/mol. The van der Waals surface area contributed by atoms with E-state index in [1.54, 1.807) is 0 Å². The summed E-state index contributed by atoms with van der Waals surface area (Å²) in [6.45, 7) is 5.25. The second-order valence-corrected chi connectivity index (χ2v) is 1.81. The summed E-state index contributed by atoms with van der Waals surface area (Å²) in [5.74, 6) is 0. The van der Waals surface area contributed by atoms with Crippen LogP contribution in [0.3, 0.4) is 0 Å². The van der Waals surface area contributed by atoms with Gasteiger partial charge in [0.1, 0.15) is 0 Å². The second kappa shape index (κ2) is 4.06. The van der Waals surface area contributed by atoms with E-state index in [9.17, 15) is 0 Å². The number of nitrogens with zero attached hydrogens (tertiary/aromatic N) is 1. The van der Waals surface area contributed by atoms with E-state index in [0.29, 0.717) is 0 Å². The molecule has 7 heavy (non-hydrogen) atoms. The Labute approximate surface area is 52.3 Å². The van der Waals surface area contributed by atoms with Crippen molar-refractivity contribution in [3.05, 3.63) is 11.8 Å². The molecule has 0 atom stereocenters. The Bertz CT molecular complexity index is 86.1. The molecule has 0 bridgehead atoms. The number of allylic oxidation sites excluding steroid dienone is 2. The molecule has 0 saturated heterocycles. The van der Waals surface area contributed by atoms with E-state index >= 15 is 0 Å². The molecule has 0 rings (SSSR count). The highest BCUT2D eigenvalue weighted by molar-refractivity contribution is 9.09. The van der Waals surface area contributed by atoms with E-state index in [1.807, 2.05) is 13.0 Å². The fraction of sp³-hybridized carbons (Fsp3) is 0.400. The molecule has 0 aromatic carbocycles. The first-order valence-corrected chi connectivity index (χ1v) is 3.13. The summed E-state index contributed by atoms with van der Waals surface area (Å²) in [5, 5.41) is 0.859. The molecule has 0 aromatic heterocycles. The van der Waals surface area contributed by atoms with Gasteiger partial charge in [0, 0.05) is 11.0 Å². The number of rotatable bonds is 2. The molecule has 0 heterocycles. The van der Waals surface area contributed by atoms with Crippen LogP contribution >= 0.6 is 15.9 Å². The summed E-state index contributed by atoms with van der Waals surface area (Å²) in [6, 6.07) is 0. The summed E-state index contributed by atoms with van der Waals surface area (Å²) >= 11 is 3.23. The van der Waals surface area contributed by atoms with Gasteiger partial charge in [-0.2, -0.15) is 0 Å². The maximum absolute atomic E-state index is 3.66. The van der Waals surface area contributed by atoms with Gasteiger partial charge in [-0.1, -0.05) is 22.0 Å². The first kappa shape index (κ1) is 6.89. The molecule has 0 aliphatic rings. The second-order valence-electron chi connectivity index (χ2n) is 1.16. The fourth-order valence-corrected chi connectivity index (χ4v) is 0.645. The number of halogens is 1. The van der Waals surface area contributed by atoms with Gasteiger partial charge >= 0.3 is 0 Å². The van der Waals surface area contributed by atoms with Crippen molar-refractivity contribution >= 4 is 22.6 Å². The number of aliphatic imine (C=N–C) groups is 1. The van der Waals surface area contributed by atoms with Crippen LogP contribution in [0.25, 0.3) is 0 Å². The molecule has 1 nitrogen and oxygen atoms in total. The topological polar surface area (TPSA) is 12.4 Å². The lowest BCUT2D eigenvalue weighted by molar-refractivity contribution is 1.31. The number of alkyl halides is 1. The van der Waals surface area contributed by atoms with Crippen molar-refractivity contribution in [3.63, 3.8) is 0 Å². The van der Waals surface area contributed by atoms with Crippen molar-refractivity contribution < 1.29 is 0 Å². The lowest BCUT2D eigenvalue weighted by Gasteiger charge is -1.82. The molecule has 0 aromatic rings. The highest BCUT2D eigenvalue weighted by Crippen LogP contribution is 1.92. The quantitative estimate of drug-likeness (QED) is 0.434. The largest absolute Gasteiger partial charge is 0.270 e. The summed E-state index contributed by atoms with van der Waals surface area (Å²) in [5.41, 5.74) is 0.969. The zero-order valence-electron chi connectivity index (χ0n) is 4.32. The van der Waals surface area contributed by atoms with Gasteiger partial charge in [-0.3, -0.25) is 4.99 Å². The zero-order chi connectivity index (χ0) is 5.70. The molecule has 0 saturated carbocycles. The van der Waals surface area contributed by atoms with E-state index in [-0.39, 0.29) is 0 Å².